The summed E-state index contributed by atoms with van der Waals surface area (Å²) in [6, 6.07) is 1.64. The van der Waals surface area contributed by atoms with E-state index in [2.05, 4.69) is 6.92 Å². The van der Waals surface area contributed by atoms with E-state index in [0.717, 1.165) is 17.7 Å². The molecule has 78 valence electrons. The fraction of sp³-hybridized carbons (Fsp3) is 0.500. The third kappa shape index (κ3) is 2.48. The van der Waals surface area contributed by atoms with Crippen molar-refractivity contribution in [2.45, 2.75) is 26.7 Å². The normalized spacial score (nSPS) is 10.1. The minimum atomic E-state index is -0.433. The van der Waals surface area contributed by atoms with Crippen LogP contribution in [0.2, 0.25) is 0 Å². The molecule has 1 heterocycles. The third-order valence-corrected chi connectivity index (χ3v) is 2.88. The number of hydrogen-bond acceptors (Lipinski definition) is 4. The van der Waals surface area contributed by atoms with Gasteiger partial charge in [-0.15, -0.1) is 11.3 Å². The van der Waals surface area contributed by atoms with Crippen LogP contribution >= 0.6 is 11.3 Å². The van der Waals surface area contributed by atoms with Crippen molar-refractivity contribution < 1.29 is 14.6 Å². The summed E-state index contributed by atoms with van der Waals surface area (Å²) in [4.78, 5) is 12.6. The topological polar surface area (TPSA) is 46.5 Å². The van der Waals surface area contributed by atoms with Gasteiger partial charge >= 0.3 is 5.97 Å². The molecular formula is C10H14O3S. The van der Waals surface area contributed by atoms with E-state index < -0.39 is 5.97 Å². The Balaban J connectivity index is 2.81. The summed E-state index contributed by atoms with van der Waals surface area (Å²) in [5.74, 6) is -0.394. The Morgan fingerprint density at radius 1 is 1.57 bits per heavy atom. The Morgan fingerprint density at radius 3 is 2.86 bits per heavy atom. The zero-order valence-corrected chi connectivity index (χ0v) is 9.19. The Labute approximate surface area is 87.3 Å². The molecular weight excluding hydrogens is 200 g/mol. The molecule has 1 aromatic rings. The van der Waals surface area contributed by atoms with Gasteiger partial charge in [-0.3, -0.25) is 0 Å². The van der Waals surface area contributed by atoms with E-state index in [1.54, 1.807) is 13.0 Å². The predicted molar refractivity (Wildman–Crippen MR) is 55.9 cm³/mol. The lowest BCUT2D eigenvalue weighted by Gasteiger charge is -1.97. The van der Waals surface area contributed by atoms with Gasteiger partial charge < -0.3 is 9.84 Å². The summed E-state index contributed by atoms with van der Waals surface area (Å²) < 4.78 is 4.81. The van der Waals surface area contributed by atoms with Crippen LogP contribution < -0.4 is 0 Å². The van der Waals surface area contributed by atoms with Gasteiger partial charge in [0.2, 0.25) is 0 Å². The van der Waals surface area contributed by atoms with Crippen molar-refractivity contribution in [2.75, 3.05) is 6.61 Å². The second-order valence-corrected chi connectivity index (χ2v) is 4.03. The van der Waals surface area contributed by atoms with E-state index >= 15 is 0 Å². The van der Waals surface area contributed by atoms with Crippen molar-refractivity contribution in [3.63, 3.8) is 0 Å². The number of esters is 1. The average Bonchev–Trinajstić information content (AvgIpc) is 2.48. The molecule has 0 saturated heterocycles. The molecule has 3 nitrogen and oxygen atoms in total. The highest BCUT2D eigenvalue weighted by atomic mass is 32.1. The largest absolute Gasteiger partial charge is 0.506 e. The second kappa shape index (κ2) is 5.00. The van der Waals surface area contributed by atoms with Gasteiger partial charge in [0.1, 0.15) is 5.75 Å². The van der Waals surface area contributed by atoms with Crippen molar-refractivity contribution in [1.82, 2.24) is 0 Å². The van der Waals surface area contributed by atoms with Gasteiger partial charge in [0.25, 0.3) is 0 Å². The SMILES string of the molecule is CCCc1cc(O)c(C(=O)OCC)s1. The zero-order chi connectivity index (χ0) is 10.6. The lowest BCUT2D eigenvalue weighted by atomic mass is 10.3. The summed E-state index contributed by atoms with van der Waals surface area (Å²) in [5.41, 5.74) is 0. The van der Waals surface area contributed by atoms with Crippen LogP contribution in [0.25, 0.3) is 0 Å². The Kier molecular flexibility index (Phi) is 3.95. The van der Waals surface area contributed by atoms with Gasteiger partial charge in [-0.1, -0.05) is 13.3 Å². The lowest BCUT2D eigenvalue weighted by Crippen LogP contribution is -2.01. The summed E-state index contributed by atoms with van der Waals surface area (Å²) in [6.45, 7) is 4.13. The number of aromatic hydroxyl groups is 1. The van der Waals surface area contributed by atoms with Crippen LogP contribution in [0.15, 0.2) is 6.07 Å². The minimum Gasteiger partial charge on any atom is -0.506 e. The first kappa shape index (κ1) is 11.0. The van der Waals surface area contributed by atoms with Gasteiger partial charge in [-0.05, 0) is 19.4 Å². The van der Waals surface area contributed by atoms with E-state index in [4.69, 9.17) is 4.74 Å². The smallest absolute Gasteiger partial charge is 0.352 e. The monoisotopic (exact) mass is 214 g/mol. The fourth-order valence-electron chi connectivity index (χ4n) is 1.14. The molecule has 0 aliphatic heterocycles. The molecule has 14 heavy (non-hydrogen) atoms. The van der Waals surface area contributed by atoms with Crippen LogP contribution in [0.4, 0.5) is 0 Å². The van der Waals surface area contributed by atoms with E-state index in [0.29, 0.717) is 11.5 Å². The highest BCUT2D eigenvalue weighted by molar-refractivity contribution is 7.14. The van der Waals surface area contributed by atoms with Gasteiger partial charge in [0, 0.05) is 4.88 Å². The number of aryl methyl sites for hydroxylation is 1. The van der Waals surface area contributed by atoms with Crippen molar-refractivity contribution in [3.8, 4) is 5.75 Å². The van der Waals surface area contributed by atoms with E-state index in [9.17, 15) is 9.90 Å². The Bertz CT molecular complexity index is 317. The van der Waals surface area contributed by atoms with E-state index in [1.807, 2.05) is 0 Å². The molecule has 1 N–H and O–H groups in total. The molecule has 1 rings (SSSR count). The molecule has 1 aromatic heterocycles. The van der Waals surface area contributed by atoms with Gasteiger partial charge in [0.05, 0.1) is 6.61 Å². The summed E-state index contributed by atoms with van der Waals surface area (Å²) in [6.07, 6.45) is 1.89. The predicted octanol–water partition coefficient (Wildman–Crippen LogP) is 2.58. The second-order valence-electron chi connectivity index (χ2n) is 2.90. The van der Waals surface area contributed by atoms with Crippen LogP contribution in [-0.2, 0) is 11.2 Å². The van der Waals surface area contributed by atoms with Crippen LogP contribution in [0.1, 0.15) is 34.8 Å². The van der Waals surface area contributed by atoms with E-state index in [1.165, 1.54) is 11.3 Å². The lowest BCUT2D eigenvalue weighted by molar-refractivity contribution is 0.0529. The first-order valence-corrected chi connectivity index (χ1v) is 5.49. The molecule has 0 saturated carbocycles. The Hall–Kier alpha value is -1.03. The van der Waals surface area contributed by atoms with Crippen LogP contribution in [0.3, 0.4) is 0 Å². The van der Waals surface area contributed by atoms with Crippen molar-refractivity contribution >= 4 is 17.3 Å². The number of thiophene rings is 1. The maximum Gasteiger partial charge on any atom is 0.352 e. The highest BCUT2D eigenvalue weighted by Crippen LogP contribution is 2.29. The molecule has 0 fully saturated rings. The molecule has 0 aliphatic rings. The van der Waals surface area contributed by atoms with Gasteiger partial charge in [-0.2, -0.15) is 0 Å². The standard InChI is InChI=1S/C10H14O3S/c1-3-5-7-6-8(11)9(14-7)10(12)13-4-2/h6,11H,3-5H2,1-2H3. The summed E-state index contributed by atoms with van der Waals surface area (Å²) in [5, 5.41) is 9.46. The average molecular weight is 214 g/mol. The minimum absolute atomic E-state index is 0.0388. The maximum atomic E-state index is 11.3. The molecule has 0 bridgehead atoms. The third-order valence-electron chi connectivity index (χ3n) is 1.72. The molecule has 0 spiro atoms. The first-order chi connectivity index (χ1) is 6.69. The number of hydrogen-bond donors (Lipinski definition) is 1. The van der Waals surface area contributed by atoms with Gasteiger partial charge in [0.15, 0.2) is 4.88 Å². The molecule has 0 atom stereocenters. The zero-order valence-electron chi connectivity index (χ0n) is 8.37. The summed E-state index contributed by atoms with van der Waals surface area (Å²) >= 11 is 1.31. The van der Waals surface area contributed by atoms with Crippen molar-refractivity contribution in [2.24, 2.45) is 0 Å². The molecule has 0 aliphatic carbocycles. The molecule has 4 heteroatoms. The number of carbonyl (C=O) groups is 1. The van der Waals surface area contributed by atoms with Crippen LogP contribution in [-0.4, -0.2) is 17.7 Å². The molecule has 0 amide bonds. The van der Waals surface area contributed by atoms with Crippen molar-refractivity contribution in [3.05, 3.63) is 15.8 Å². The maximum absolute atomic E-state index is 11.3. The number of ether oxygens (including phenoxy) is 1. The molecule has 0 unspecified atom stereocenters. The van der Waals surface area contributed by atoms with Crippen LogP contribution in [0.5, 0.6) is 5.75 Å². The van der Waals surface area contributed by atoms with Crippen LogP contribution in [0, 0.1) is 0 Å². The molecule has 0 aromatic carbocycles. The fourth-order valence-corrected chi connectivity index (χ4v) is 2.19. The first-order valence-electron chi connectivity index (χ1n) is 4.67. The number of carbonyl (C=O) groups excluding carboxylic acids is 1. The number of rotatable bonds is 4. The van der Waals surface area contributed by atoms with E-state index in [-0.39, 0.29) is 5.75 Å². The van der Waals surface area contributed by atoms with Gasteiger partial charge in [-0.25, -0.2) is 4.79 Å². The highest BCUT2D eigenvalue weighted by Gasteiger charge is 2.16. The molecule has 0 radical (unpaired) electrons. The quantitative estimate of drug-likeness (QED) is 0.783. The summed E-state index contributed by atoms with van der Waals surface area (Å²) in [7, 11) is 0. The Morgan fingerprint density at radius 2 is 2.29 bits per heavy atom. The van der Waals surface area contributed by atoms with Crippen molar-refractivity contribution in [1.29, 1.82) is 0 Å².